The summed E-state index contributed by atoms with van der Waals surface area (Å²) in [6.45, 7) is 0. The van der Waals surface area contributed by atoms with E-state index in [2.05, 4.69) is 15.4 Å². The SMILES string of the molecule is NNc1cc(Sc2cccs2)ncn1. The molecule has 2 rings (SSSR count). The summed E-state index contributed by atoms with van der Waals surface area (Å²) in [5, 5.41) is 2.92. The predicted molar refractivity (Wildman–Crippen MR) is 58.3 cm³/mol. The summed E-state index contributed by atoms with van der Waals surface area (Å²) in [6.07, 6.45) is 1.49. The van der Waals surface area contributed by atoms with Crippen LogP contribution in [0.5, 0.6) is 0 Å². The summed E-state index contributed by atoms with van der Waals surface area (Å²) in [4.78, 5) is 8.06. The van der Waals surface area contributed by atoms with Gasteiger partial charge in [0.15, 0.2) is 0 Å². The lowest BCUT2D eigenvalue weighted by atomic mass is 10.6. The van der Waals surface area contributed by atoms with E-state index in [9.17, 15) is 0 Å². The molecule has 0 aromatic carbocycles. The van der Waals surface area contributed by atoms with Gasteiger partial charge in [-0.05, 0) is 11.4 Å². The molecule has 0 saturated heterocycles. The maximum atomic E-state index is 5.25. The summed E-state index contributed by atoms with van der Waals surface area (Å²) in [5.74, 6) is 5.87. The van der Waals surface area contributed by atoms with Crippen LogP contribution in [0.3, 0.4) is 0 Å². The molecule has 0 bridgehead atoms. The lowest BCUT2D eigenvalue weighted by Crippen LogP contribution is -2.08. The summed E-state index contributed by atoms with van der Waals surface area (Å²) < 4.78 is 1.20. The lowest BCUT2D eigenvalue weighted by Gasteiger charge is -2.00. The van der Waals surface area contributed by atoms with Crippen molar-refractivity contribution in [3.05, 3.63) is 29.9 Å². The van der Waals surface area contributed by atoms with Gasteiger partial charge in [-0.2, -0.15) is 0 Å². The zero-order valence-electron chi connectivity index (χ0n) is 7.18. The van der Waals surface area contributed by atoms with E-state index in [1.807, 2.05) is 23.6 Å². The van der Waals surface area contributed by atoms with Gasteiger partial charge in [-0.25, -0.2) is 15.8 Å². The number of anilines is 1. The van der Waals surface area contributed by atoms with Gasteiger partial charge < -0.3 is 5.43 Å². The number of nitrogen functional groups attached to an aromatic ring is 1. The summed E-state index contributed by atoms with van der Waals surface area (Å²) >= 11 is 3.28. The first-order valence-corrected chi connectivity index (χ1v) is 5.58. The van der Waals surface area contributed by atoms with Gasteiger partial charge in [0.2, 0.25) is 0 Å². The second kappa shape index (κ2) is 4.41. The third kappa shape index (κ3) is 2.22. The quantitative estimate of drug-likeness (QED) is 0.474. The highest BCUT2D eigenvalue weighted by Crippen LogP contribution is 2.30. The summed E-state index contributed by atoms with van der Waals surface area (Å²) in [7, 11) is 0. The molecule has 0 radical (unpaired) electrons. The molecular formula is C8H8N4S2. The van der Waals surface area contributed by atoms with Crippen molar-refractivity contribution < 1.29 is 0 Å². The molecule has 14 heavy (non-hydrogen) atoms. The Morgan fingerprint density at radius 3 is 3.07 bits per heavy atom. The van der Waals surface area contributed by atoms with Gasteiger partial charge in [0.25, 0.3) is 0 Å². The van der Waals surface area contributed by atoms with Crippen LogP contribution in [0.15, 0.2) is 39.1 Å². The van der Waals surface area contributed by atoms with Crippen LogP contribution in [0, 0.1) is 0 Å². The Morgan fingerprint density at radius 2 is 2.36 bits per heavy atom. The van der Waals surface area contributed by atoms with Gasteiger partial charge in [0.05, 0.1) is 4.21 Å². The minimum absolute atomic E-state index is 0.624. The fourth-order valence-electron chi connectivity index (χ4n) is 0.899. The molecule has 0 aliphatic rings. The average Bonchev–Trinajstić information content (AvgIpc) is 2.71. The number of thiophene rings is 1. The van der Waals surface area contributed by atoms with E-state index in [1.54, 1.807) is 23.1 Å². The van der Waals surface area contributed by atoms with Crippen LogP contribution in [0.2, 0.25) is 0 Å². The topological polar surface area (TPSA) is 63.8 Å². The highest BCUT2D eigenvalue weighted by atomic mass is 32.2. The van der Waals surface area contributed by atoms with E-state index in [4.69, 9.17) is 5.84 Å². The van der Waals surface area contributed by atoms with Gasteiger partial charge >= 0.3 is 0 Å². The minimum Gasteiger partial charge on any atom is -0.308 e. The largest absolute Gasteiger partial charge is 0.308 e. The fourth-order valence-corrected chi connectivity index (χ4v) is 2.59. The Kier molecular flexibility index (Phi) is 2.97. The Bertz CT molecular complexity index is 401. The number of aromatic nitrogens is 2. The van der Waals surface area contributed by atoms with Crippen molar-refractivity contribution in [3.63, 3.8) is 0 Å². The maximum Gasteiger partial charge on any atom is 0.144 e. The Morgan fingerprint density at radius 1 is 1.43 bits per heavy atom. The first-order valence-electron chi connectivity index (χ1n) is 3.88. The van der Waals surface area contributed by atoms with Crippen LogP contribution in [-0.4, -0.2) is 9.97 Å². The highest BCUT2D eigenvalue weighted by Gasteiger charge is 2.00. The van der Waals surface area contributed by atoms with Crippen molar-refractivity contribution in [2.45, 2.75) is 9.24 Å². The molecule has 0 spiro atoms. The molecule has 3 N–H and O–H groups in total. The molecule has 0 unspecified atom stereocenters. The molecule has 2 aromatic heterocycles. The molecular weight excluding hydrogens is 216 g/mol. The van der Waals surface area contributed by atoms with E-state index in [0.717, 1.165) is 5.03 Å². The van der Waals surface area contributed by atoms with Crippen LogP contribution in [0.25, 0.3) is 0 Å². The summed E-state index contributed by atoms with van der Waals surface area (Å²) in [6, 6.07) is 5.87. The van der Waals surface area contributed by atoms with Crippen molar-refractivity contribution >= 4 is 28.9 Å². The van der Waals surface area contributed by atoms with Crippen LogP contribution >= 0.6 is 23.1 Å². The Labute approximate surface area is 89.6 Å². The van der Waals surface area contributed by atoms with Crippen molar-refractivity contribution in [1.82, 2.24) is 9.97 Å². The third-order valence-electron chi connectivity index (χ3n) is 1.49. The molecule has 0 atom stereocenters. The first kappa shape index (κ1) is 9.45. The van der Waals surface area contributed by atoms with Gasteiger partial charge in [0.1, 0.15) is 17.2 Å². The second-order valence-corrected chi connectivity index (χ2v) is 4.69. The number of nitrogens with two attached hydrogens (primary N) is 1. The van der Waals surface area contributed by atoms with Crippen molar-refractivity contribution in [2.75, 3.05) is 5.43 Å². The number of hydrogen-bond acceptors (Lipinski definition) is 6. The van der Waals surface area contributed by atoms with Gasteiger partial charge in [-0.15, -0.1) is 11.3 Å². The second-order valence-electron chi connectivity index (χ2n) is 2.42. The molecule has 2 heterocycles. The monoisotopic (exact) mass is 224 g/mol. The molecule has 0 fully saturated rings. The minimum atomic E-state index is 0.624. The predicted octanol–water partition coefficient (Wildman–Crippen LogP) is 1.97. The lowest BCUT2D eigenvalue weighted by molar-refractivity contribution is 1.04. The van der Waals surface area contributed by atoms with Gasteiger partial charge in [0, 0.05) is 6.07 Å². The zero-order valence-corrected chi connectivity index (χ0v) is 8.81. The van der Waals surface area contributed by atoms with Crippen LogP contribution < -0.4 is 11.3 Å². The Hall–Kier alpha value is -1.11. The molecule has 0 amide bonds. The first-order chi connectivity index (χ1) is 6.88. The van der Waals surface area contributed by atoms with Crippen LogP contribution in [-0.2, 0) is 0 Å². The van der Waals surface area contributed by atoms with Gasteiger partial charge in [-0.3, -0.25) is 0 Å². The molecule has 0 saturated carbocycles. The maximum absolute atomic E-state index is 5.25. The number of hydrazine groups is 1. The van der Waals surface area contributed by atoms with Gasteiger partial charge in [-0.1, -0.05) is 17.8 Å². The zero-order chi connectivity index (χ0) is 9.80. The van der Waals surface area contributed by atoms with Crippen LogP contribution in [0.1, 0.15) is 0 Å². The molecule has 0 aliphatic carbocycles. The number of nitrogens with one attached hydrogen (secondary N) is 1. The summed E-state index contributed by atoms with van der Waals surface area (Å²) in [5.41, 5.74) is 2.49. The van der Waals surface area contributed by atoms with Crippen LogP contribution in [0.4, 0.5) is 5.82 Å². The van der Waals surface area contributed by atoms with Crippen molar-refractivity contribution in [1.29, 1.82) is 0 Å². The fraction of sp³-hybridized carbons (Fsp3) is 0. The van der Waals surface area contributed by atoms with E-state index >= 15 is 0 Å². The smallest absolute Gasteiger partial charge is 0.144 e. The molecule has 0 aliphatic heterocycles. The van der Waals surface area contributed by atoms with Crippen molar-refractivity contribution in [2.24, 2.45) is 5.84 Å². The average molecular weight is 224 g/mol. The molecule has 4 nitrogen and oxygen atoms in total. The van der Waals surface area contributed by atoms with E-state index in [0.29, 0.717) is 5.82 Å². The molecule has 72 valence electrons. The van der Waals surface area contributed by atoms with E-state index < -0.39 is 0 Å². The number of rotatable bonds is 3. The number of hydrogen-bond donors (Lipinski definition) is 2. The van der Waals surface area contributed by atoms with Crippen molar-refractivity contribution in [3.8, 4) is 0 Å². The normalized spacial score (nSPS) is 10.1. The Balaban J connectivity index is 2.17. The molecule has 6 heteroatoms. The highest BCUT2D eigenvalue weighted by molar-refractivity contribution is 8.01. The van der Waals surface area contributed by atoms with E-state index in [1.165, 1.54) is 10.5 Å². The number of nitrogens with zero attached hydrogens (tertiary/aromatic N) is 2. The third-order valence-corrected chi connectivity index (χ3v) is 3.46. The molecule has 2 aromatic rings. The standard InChI is InChI=1S/C8H8N4S2/c9-12-6-4-7(11-5-10-6)14-8-2-1-3-13-8/h1-5H,9H2,(H,10,11,12). The van der Waals surface area contributed by atoms with E-state index in [-0.39, 0.29) is 0 Å².